The predicted molar refractivity (Wildman–Crippen MR) is 62.5 cm³/mol. The monoisotopic (exact) mass is 198 g/mol. The fourth-order valence-electron chi connectivity index (χ4n) is 2.10. The van der Waals surface area contributed by atoms with E-state index in [1.165, 1.54) is 19.4 Å². The van der Waals surface area contributed by atoms with Crippen LogP contribution >= 0.6 is 0 Å². The van der Waals surface area contributed by atoms with Crippen molar-refractivity contribution in [2.45, 2.75) is 58.7 Å². The van der Waals surface area contributed by atoms with E-state index in [1.807, 2.05) is 0 Å². The van der Waals surface area contributed by atoms with E-state index in [-0.39, 0.29) is 0 Å². The predicted octanol–water partition coefficient (Wildman–Crippen LogP) is 2.10. The Labute approximate surface area is 89.1 Å². The highest BCUT2D eigenvalue weighted by atomic mass is 15.2. The number of hydrogen-bond acceptors (Lipinski definition) is 2. The Bertz CT molecular complexity index is 166. The SMILES string of the molecule is CC(C)NCC1CCC1N(C)C(C)C. The van der Waals surface area contributed by atoms with Gasteiger partial charge in [-0.1, -0.05) is 13.8 Å². The molecule has 14 heavy (non-hydrogen) atoms. The Kier molecular flexibility index (Phi) is 4.39. The molecule has 2 atom stereocenters. The Balaban J connectivity index is 2.28. The van der Waals surface area contributed by atoms with Gasteiger partial charge >= 0.3 is 0 Å². The maximum absolute atomic E-state index is 3.54. The van der Waals surface area contributed by atoms with Crippen LogP contribution < -0.4 is 5.32 Å². The van der Waals surface area contributed by atoms with Crippen LogP contribution in [0.25, 0.3) is 0 Å². The maximum atomic E-state index is 3.54. The van der Waals surface area contributed by atoms with E-state index in [9.17, 15) is 0 Å². The zero-order valence-corrected chi connectivity index (χ0v) is 10.4. The van der Waals surface area contributed by atoms with E-state index in [2.05, 4.69) is 45.0 Å². The molecule has 0 aromatic heterocycles. The summed E-state index contributed by atoms with van der Waals surface area (Å²) in [6, 6.07) is 2.13. The first kappa shape index (κ1) is 12.0. The first-order valence-corrected chi connectivity index (χ1v) is 5.97. The van der Waals surface area contributed by atoms with Crippen molar-refractivity contribution in [1.29, 1.82) is 0 Å². The first-order chi connectivity index (χ1) is 6.52. The number of hydrogen-bond donors (Lipinski definition) is 1. The molecule has 1 aliphatic rings. The molecule has 0 aromatic rings. The average molecular weight is 198 g/mol. The lowest BCUT2D eigenvalue weighted by Crippen LogP contribution is -2.51. The molecule has 0 amide bonds. The van der Waals surface area contributed by atoms with Crippen molar-refractivity contribution in [1.82, 2.24) is 10.2 Å². The van der Waals surface area contributed by atoms with Gasteiger partial charge in [-0.2, -0.15) is 0 Å². The molecule has 1 rings (SSSR count). The molecule has 2 heteroatoms. The number of nitrogens with zero attached hydrogens (tertiary/aromatic N) is 1. The van der Waals surface area contributed by atoms with E-state index >= 15 is 0 Å². The van der Waals surface area contributed by atoms with Crippen molar-refractivity contribution in [2.24, 2.45) is 5.92 Å². The summed E-state index contributed by atoms with van der Waals surface area (Å²) in [5.41, 5.74) is 0. The molecule has 2 nitrogen and oxygen atoms in total. The van der Waals surface area contributed by atoms with Crippen LogP contribution in [0.3, 0.4) is 0 Å². The van der Waals surface area contributed by atoms with E-state index in [0.717, 1.165) is 12.0 Å². The van der Waals surface area contributed by atoms with Crippen molar-refractivity contribution in [3.63, 3.8) is 0 Å². The van der Waals surface area contributed by atoms with Crippen molar-refractivity contribution in [2.75, 3.05) is 13.6 Å². The van der Waals surface area contributed by atoms with Crippen molar-refractivity contribution in [3.05, 3.63) is 0 Å². The maximum Gasteiger partial charge on any atom is 0.0135 e. The normalized spacial score (nSPS) is 27.4. The average Bonchev–Trinajstić information content (AvgIpc) is 2.01. The largest absolute Gasteiger partial charge is 0.314 e. The van der Waals surface area contributed by atoms with Gasteiger partial charge in [-0.3, -0.25) is 0 Å². The summed E-state index contributed by atoms with van der Waals surface area (Å²) in [6.45, 7) is 10.2. The van der Waals surface area contributed by atoms with Crippen LogP contribution in [0.15, 0.2) is 0 Å². The lowest BCUT2D eigenvalue weighted by atomic mass is 9.78. The Hall–Kier alpha value is -0.0800. The van der Waals surface area contributed by atoms with Crippen LogP contribution in [-0.4, -0.2) is 36.6 Å². The highest BCUT2D eigenvalue weighted by Crippen LogP contribution is 2.31. The van der Waals surface area contributed by atoms with Crippen LogP contribution in [0.2, 0.25) is 0 Å². The molecule has 1 aliphatic carbocycles. The second kappa shape index (κ2) is 5.13. The summed E-state index contributed by atoms with van der Waals surface area (Å²) in [5.74, 6) is 0.879. The van der Waals surface area contributed by atoms with E-state index in [0.29, 0.717) is 12.1 Å². The smallest absolute Gasteiger partial charge is 0.0135 e. The van der Waals surface area contributed by atoms with Gasteiger partial charge < -0.3 is 10.2 Å². The van der Waals surface area contributed by atoms with Crippen LogP contribution in [0.5, 0.6) is 0 Å². The van der Waals surface area contributed by atoms with E-state index < -0.39 is 0 Å². The lowest BCUT2D eigenvalue weighted by molar-refractivity contribution is 0.0598. The second-order valence-electron chi connectivity index (χ2n) is 5.23. The van der Waals surface area contributed by atoms with Gasteiger partial charge in [0, 0.05) is 18.1 Å². The summed E-state index contributed by atoms with van der Waals surface area (Å²) < 4.78 is 0. The van der Waals surface area contributed by atoms with Crippen LogP contribution in [0.4, 0.5) is 0 Å². The minimum atomic E-state index is 0.626. The van der Waals surface area contributed by atoms with Crippen molar-refractivity contribution in [3.8, 4) is 0 Å². The molecule has 2 unspecified atom stereocenters. The van der Waals surface area contributed by atoms with Gasteiger partial charge in [-0.05, 0) is 46.2 Å². The van der Waals surface area contributed by atoms with E-state index in [1.54, 1.807) is 0 Å². The molecule has 1 fully saturated rings. The third-order valence-corrected chi connectivity index (χ3v) is 3.50. The van der Waals surface area contributed by atoms with Gasteiger partial charge in [0.25, 0.3) is 0 Å². The van der Waals surface area contributed by atoms with Gasteiger partial charge in [0.15, 0.2) is 0 Å². The number of nitrogens with one attached hydrogen (secondary N) is 1. The summed E-state index contributed by atoms with van der Waals surface area (Å²) in [6.07, 6.45) is 2.79. The van der Waals surface area contributed by atoms with Crippen LogP contribution in [0, 0.1) is 5.92 Å². The summed E-state index contributed by atoms with van der Waals surface area (Å²) in [4.78, 5) is 2.52. The van der Waals surface area contributed by atoms with Gasteiger partial charge in [0.1, 0.15) is 0 Å². The fourth-order valence-corrected chi connectivity index (χ4v) is 2.10. The standard InChI is InChI=1S/C12H26N2/c1-9(2)13-8-11-6-7-12(11)14(5)10(3)4/h9-13H,6-8H2,1-5H3. The third kappa shape index (κ3) is 2.96. The Morgan fingerprint density at radius 3 is 2.21 bits per heavy atom. The van der Waals surface area contributed by atoms with Gasteiger partial charge in [-0.25, -0.2) is 0 Å². The minimum absolute atomic E-state index is 0.626. The molecule has 0 spiro atoms. The van der Waals surface area contributed by atoms with Crippen molar-refractivity contribution >= 4 is 0 Å². The second-order valence-corrected chi connectivity index (χ2v) is 5.23. The summed E-state index contributed by atoms with van der Waals surface area (Å²) in [5, 5.41) is 3.54. The summed E-state index contributed by atoms with van der Waals surface area (Å²) >= 11 is 0. The molecule has 1 N–H and O–H groups in total. The molecule has 1 saturated carbocycles. The molecular weight excluding hydrogens is 172 g/mol. The molecule has 0 aromatic carbocycles. The topological polar surface area (TPSA) is 15.3 Å². The number of rotatable bonds is 5. The Morgan fingerprint density at radius 2 is 1.86 bits per heavy atom. The van der Waals surface area contributed by atoms with Gasteiger partial charge in [-0.15, -0.1) is 0 Å². The first-order valence-electron chi connectivity index (χ1n) is 5.97. The molecule has 0 aliphatic heterocycles. The Morgan fingerprint density at radius 1 is 1.21 bits per heavy atom. The molecule has 0 bridgehead atoms. The minimum Gasteiger partial charge on any atom is -0.314 e. The molecule has 0 radical (unpaired) electrons. The molecule has 84 valence electrons. The molecule has 0 heterocycles. The highest BCUT2D eigenvalue weighted by Gasteiger charge is 2.34. The zero-order valence-electron chi connectivity index (χ0n) is 10.4. The zero-order chi connectivity index (χ0) is 10.7. The fraction of sp³-hybridized carbons (Fsp3) is 1.00. The highest BCUT2D eigenvalue weighted by molar-refractivity contribution is 4.90. The quantitative estimate of drug-likeness (QED) is 0.728. The van der Waals surface area contributed by atoms with Gasteiger partial charge in [0.2, 0.25) is 0 Å². The van der Waals surface area contributed by atoms with Crippen LogP contribution in [0.1, 0.15) is 40.5 Å². The summed E-state index contributed by atoms with van der Waals surface area (Å²) in [7, 11) is 2.26. The van der Waals surface area contributed by atoms with Crippen LogP contribution in [-0.2, 0) is 0 Å². The van der Waals surface area contributed by atoms with Crippen molar-refractivity contribution < 1.29 is 0 Å². The molecule has 0 saturated heterocycles. The van der Waals surface area contributed by atoms with E-state index in [4.69, 9.17) is 0 Å². The van der Waals surface area contributed by atoms with Gasteiger partial charge in [0.05, 0.1) is 0 Å². The third-order valence-electron chi connectivity index (χ3n) is 3.50. The lowest BCUT2D eigenvalue weighted by Gasteiger charge is -2.45. The molecular formula is C12H26N2.